The van der Waals surface area contributed by atoms with E-state index in [0.717, 1.165) is 11.8 Å². The van der Waals surface area contributed by atoms with Crippen molar-refractivity contribution in [2.45, 2.75) is 31.7 Å². The predicted octanol–water partition coefficient (Wildman–Crippen LogP) is 0.938. The van der Waals surface area contributed by atoms with Gasteiger partial charge in [0.2, 0.25) is 5.91 Å². The van der Waals surface area contributed by atoms with Gasteiger partial charge in [0, 0.05) is 13.2 Å². The summed E-state index contributed by atoms with van der Waals surface area (Å²) >= 11 is 0. The van der Waals surface area contributed by atoms with E-state index in [0.29, 0.717) is 6.04 Å². The fourth-order valence-corrected chi connectivity index (χ4v) is 2.80. The molecule has 0 aliphatic heterocycles. The summed E-state index contributed by atoms with van der Waals surface area (Å²) in [5.41, 5.74) is 0. The zero-order valence-corrected chi connectivity index (χ0v) is 8.08. The van der Waals surface area contributed by atoms with Crippen LogP contribution < -0.4 is 5.32 Å². The minimum atomic E-state index is 0.0417. The summed E-state index contributed by atoms with van der Waals surface area (Å²) in [5, 5.41) is 3.05. The van der Waals surface area contributed by atoms with Crippen LogP contribution in [0.2, 0.25) is 0 Å². The number of nitrogens with one attached hydrogen (secondary N) is 1. The molecule has 3 nitrogen and oxygen atoms in total. The van der Waals surface area contributed by atoms with Crippen molar-refractivity contribution in [3.8, 4) is 0 Å². The molecule has 0 aromatic heterocycles. The van der Waals surface area contributed by atoms with Crippen molar-refractivity contribution in [1.82, 2.24) is 5.32 Å². The van der Waals surface area contributed by atoms with E-state index in [1.54, 1.807) is 7.11 Å². The van der Waals surface area contributed by atoms with Crippen LogP contribution in [0.15, 0.2) is 0 Å². The minimum absolute atomic E-state index is 0.0417. The molecule has 0 aromatic carbocycles. The molecule has 2 bridgehead atoms. The van der Waals surface area contributed by atoms with E-state index in [1.807, 2.05) is 0 Å². The van der Waals surface area contributed by atoms with Gasteiger partial charge >= 0.3 is 0 Å². The maximum atomic E-state index is 11.2. The lowest BCUT2D eigenvalue weighted by atomic mass is 9.95. The SMILES string of the molecule is COCC(=O)N[C@H]1C[C@H]2CC[C@H]1C2. The van der Waals surface area contributed by atoms with Crippen LogP contribution in [0.5, 0.6) is 0 Å². The number of carbonyl (C=O) groups excluding carboxylic acids is 1. The number of carbonyl (C=O) groups is 1. The smallest absolute Gasteiger partial charge is 0.246 e. The highest BCUT2D eigenvalue weighted by atomic mass is 16.5. The lowest BCUT2D eigenvalue weighted by Crippen LogP contribution is -2.40. The second-order valence-corrected chi connectivity index (χ2v) is 4.28. The van der Waals surface area contributed by atoms with Crippen LogP contribution in [0.3, 0.4) is 0 Å². The number of ether oxygens (including phenoxy) is 1. The maximum absolute atomic E-state index is 11.2. The van der Waals surface area contributed by atoms with Crippen molar-refractivity contribution in [2.75, 3.05) is 13.7 Å². The van der Waals surface area contributed by atoms with Gasteiger partial charge in [-0.15, -0.1) is 0 Å². The molecule has 0 radical (unpaired) electrons. The first kappa shape index (κ1) is 9.00. The Balaban J connectivity index is 1.79. The summed E-state index contributed by atoms with van der Waals surface area (Å²) < 4.78 is 4.78. The van der Waals surface area contributed by atoms with E-state index in [4.69, 9.17) is 4.74 Å². The summed E-state index contributed by atoms with van der Waals surface area (Å²) in [7, 11) is 1.56. The van der Waals surface area contributed by atoms with Crippen LogP contribution in [-0.4, -0.2) is 25.7 Å². The van der Waals surface area contributed by atoms with Gasteiger partial charge in [0.05, 0.1) is 0 Å². The molecule has 74 valence electrons. The molecule has 2 aliphatic rings. The number of hydrogen-bond acceptors (Lipinski definition) is 2. The molecule has 3 atom stereocenters. The Kier molecular flexibility index (Phi) is 2.54. The van der Waals surface area contributed by atoms with Gasteiger partial charge in [-0.2, -0.15) is 0 Å². The predicted molar refractivity (Wildman–Crippen MR) is 49.3 cm³/mol. The van der Waals surface area contributed by atoms with Gasteiger partial charge in [-0.3, -0.25) is 4.79 Å². The van der Waals surface area contributed by atoms with Crippen molar-refractivity contribution in [1.29, 1.82) is 0 Å². The van der Waals surface area contributed by atoms with E-state index < -0.39 is 0 Å². The van der Waals surface area contributed by atoms with E-state index in [9.17, 15) is 4.79 Å². The van der Waals surface area contributed by atoms with Gasteiger partial charge < -0.3 is 10.1 Å². The van der Waals surface area contributed by atoms with Crippen LogP contribution >= 0.6 is 0 Å². The number of methoxy groups -OCH3 is 1. The zero-order chi connectivity index (χ0) is 9.26. The van der Waals surface area contributed by atoms with Crippen LogP contribution in [0.4, 0.5) is 0 Å². The Morgan fingerprint density at radius 3 is 2.85 bits per heavy atom. The molecule has 2 aliphatic carbocycles. The Bertz CT molecular complexity index is 205. The number of amides is 1. The normalized spacial score (nSPS) is 36.5. The lowest BCUT2D eigenvalue weighted by Gasteiger charge is -2.22. The summed E-state index contributed by atoms with van der Waals surface area (Å²) in [6.45, 7) is 0.202. The highest BCUT2D eigenvalue weighted by Gasteiger charge is 2.39. The number of hydrogen-bond donors (Lipinski definition) is 1. The zero-order valence-electron chi connectivity index (χ0n) is 8.08. The van der Waals surface area contributed by atoms with Gasteiger partial charge in [0.1, 0.15) is 6.61 Å². The average molecular weight is 183 g/mol. The number of rotatable bonds is 3. The molecule has 3 heteroatoms. The lowest BCUT2D eigenvalue weighted by molar-refractivity contribution is -0.125. The van der Waals surface area contributed by atoms with Crippen molar-refractivity contribution in [3.05, 3.63) is 0 Å². The molecule has 0 aromatic rings. The molecular weight excluding hydrogens is 166 g/mol. The highest BCUT2D eigenvalue weighted by molar-refractivity contribution is 5.77. The molecule has 1 amide bonds. The molecule has 2 saturated carbocycles. The second-order valence-electron chi connectivity index (χ2n) is 4.28. The average Bonchev–Trinajstić information content (AvgIpc) is 2.65. The summed E-state index contributed by atoms with van der Waals surface area (Å²) in [6.07, 6.45) is 5.21. The van der Waals surface area contributed by atoms with E-state index in [-0.39, 0.29) is 12.5 Å². The molecule has 0 heterocycles. The van der Waals surface area contributed by atoms with Crippen LogP contribution in [0, 0.1) is 11.8 Å². The first-order chi connectivity index (χ1) is 6.29. The summed E-state index contributed by atoms with van der Waals surface area (Å²) in [5.74, 6) is 1.68. The van der Waals surface area contributed by atoms with E-state index >= 15 is 0 Å². The standard InChI is InChI=1S/C10H17NO2/c1-13-6-10(12)11-9-5-7-2-3-8(9)4-7/h7-9H,2-6H2,1H3,(H,11,12)/t7-,8-,9-/m0/s1. The summed E-state index contributed by atoms with van der Waals surface area (Å²) in [4.78, 5) is 11.2. The maximum Gasteiger partial charge on any atom is 0.246 e. The van der Waals surface area contributed by atoms with Gasteiger partial charge in [-0.05, 0) is 31.1 Å². The molecule has 0 spiro atoms. The van der Waals surface area contributed by atoms with Crippen molar-refractivity contribution in [3.63, 3.8) is 0 Å². The molecule has 13 heavy (non-hydrogen) atoms. The van der Waals surface area contributed by atoms with Crippen molar-refractivity contribution < 1.29 is 9.53 Å². The Morgan fingerprint density at radius 1 is 1.46 bits per heavy atom. The van der Waals surface area contributed by atoms with Gasteiger partial charge in [-0.25, -0.2) is 0 Å². The Labute approximate surface area is 78.8 Å². The Morgan fingerprint density at radius 2 is 2.31 bits per heavy atom. The third-order valence-electron chi connectivity index (χ3n) is 3.36. The van der Waals surface area contributed by atoms with Crippen LogP contribution in [-0.2, 0) is 9.53 Å². The third-order valence-corrected chi connectivity index (χ3v) is 3.36. The van der Waals surface area contributed by atoms with Gasteiger partial charge in [0.15, 0.2) is 0 Å². The fraction of sp³-hybridized carbons (Fsp3) is 0.900. The van der Waals surface area contributed by atoms with Gasteiger partial charge in [0.25, 0.3) is 0 Å². The monoisotopic (exact) mass is 183 g/mol. The molecule has 0 unspecified atom stereocenters. The first-order valence-electron chi connectivity index (χ1n) is 5.08. The second kappa shape index (κ2) is 3.66. The highest BCUT2D eigenvalue weighted by Crippen LogP contribution is 2.44. The molecule has 0 saturated heterocycles. The van der Waals surface area contributed by atoms with Crippen LogP contribution in [0.1, 0.15) is 25.7 Å². The van der Waals surface area contributed by atoms with Crippen molar-refractivity contribution in [2.24, 2.45) is 11.8 Å². The van der Waals surface area contributed by atoms with Crippen molar-refractivity contribution >= 4 is 5.91 Å². The third kappa shape index (κ3) is 1.85. The molecular formula is C10H17NO2. The van der Waals surface area contributed by atoms with Gasteiger partial charge in [-0.1, -0.05) is 6.42 Å². The van der Waals surface area contributed by atoms with Crippen LogP contribution in [0.25, 0.3) is 0 Å². The first-order valence-corrected chi connectivity index (χ1v) is 5.08. The summed E-state index contributed by atoms with van der Waals surface area (Å²) in [6, 6.07) is 0.446. The quantitative estimate of drug-likeness (QED) is 0.707. The topological polar surface area (TPSA) is 38.3 Å². The Hall–Kier alpha value is -0.570. The number of fused-ring (bicyclic) bond motifs is 2. The fourth-order valence-electron chi connectivity index (χ4n) is 2.80. The largest absolute Gasteiger partial charge is 0.375 e. The van der Waals surface area contributed by atoms with E-state index in [2.05, 4.69) is 5.32 Å². The minimum Gasteiger partial charge on any atom is -0.375 e. The molecule has 2 rings (SSSR count). The van der Waals surface area contributed by atoms with E-state index in [1.165, 1.54) is 25.7 Å². The molecule has 2 fully saturated rings. The molecule has 1 N–H and O–H groups in total.